The lowest BCUT2D eigenvalue weighted by Gasteiger charge is -2.08. The van der Waals surface area contributed by atoms with E-state index >= 15 is 0 Å². The van der Waals surface area contributed by atoms with E-state index < -0.39 is 0 Å². The molecular weight excluding hydrogens is 328 g/mol. The average Bonchev–Trinajstić information content (AvgIpc) is 3.08. The monoisotopic (exact) mass is 344 g/mol. The quantitative estimate of drug-likeness (QED) is 0.531. The summed E-state index contributed by atoms with van der Waals surface area (Å²) in [5.74, 6) is -0.103. The number of aromatic nitrogens is 1. The molecule has 4 aromatic rings. The van der Waals surface area contributed by atoms with Gasteiger partial charge in [-0.1, -0.05) is 48.5 Å². The van der Waals surface area contributed by atoms with Crippen LogP contribution in [0.25, 0.3) is 22.0 Å². The number of aryl methyl sites for hydroxylation is 1. The number of nitrogens with zero attached hydrogens (tertiary/aromatic N) is 1. The van der Waals surface area contributed by atoms with Crippen LogP contribution in [-0.2, 0) is 0 Å². The Labute approximate surface area is 150 Å². The molecule has 1 N–H and O–H groups in total. The van der Waals surface area contributed by atoms with E-state index in [0.717, 1.165) is 32.7 Å². The molecule has 0 saturated carbocycles. The summed E-state index contributed by atoms with van der Waals surface area (Å²) in [6, 6.07) is 21.5. The molecule has 122 valence electrons. The number of carbonyl (C=O) groups is 1. The van der Waals surface area contributed by atoms with Gasteiger partial charge in [0.05, 0.1) is 10.7 Å². The third-order valence-electron chi connectivity index (χ3n) is 4.09. The second-order valence-corrected chi connectivity index (χ2v) is 6.87. The van der Waals surface area contributed by atoms with Gasteiger partial charge in [-0.25, -0.2) is 4.98 Å². The van der Waals surface area contributed by atoms with Crippen molar-refractivity contribution in [3.8, 4) is 11.3 Å². The Hall–Kier alpha value is -2.98. The summed E-state index contributed by atoms with van der Waals surface area (Å²) < 4.78 is 0. The van der Waals surface area contributed by atoms with Gasteiger partial charge < -0.3 is 5.32 Å². The van der Waals surface area contributed by atoms with Gasteiger partial charge in [-0.15, -0.1) is 11.3 Å². The number of hydrogen-bond donors (Lipinski definition) is 1. The van der Waals surface area contributed by atoms with Crippen LogP contribution in [-0.4, -0.2) is 10.9 Å². The van der Waals surface area contributed by atoms with Crippen molar-refractivity contribution in [1.29, 1.82) is 0 Å². The highest BCUT2D eigenvalue weighted by Gasteiger charge is 2.10. The minimum atomic E-state index is -0.103. The Morgan fingerprint density at radius 3 is 2.48 bits per heavy atom. The van der Waals surface area contributed by atoms with Crippen molar-refractivity contribution < 1.29 is 4.79 Å². The molecule has 0 unspecified atom stereocenters. The first-order chi connectivity index (χ1) is 12.2. The number of thiazole rings is 1. The van der Waals surface area contributed by atoms with E-state index in [1.165, 1.54) is 0 Å². The summed E-state index contributed by atoms with van der Waals surface area (Å²) in [4.78, 5) is 17.1. The van der Waals surface area contributed by atoms with Gasteiger partial charge in [-0.2, -0.15) is 0 Å². The first kappa shape index (κ1) is 15.5. The van der Waals surface area contributed by atoms with Crippen molar-refractivity contribution >= 4 is 33.7 Å². The zero-order valence-corrected chi connectivity index (χ0v) is 14.5. The second kappa shape index (κ2) is 6.49. The molecule has 3 nitrogen and oxygen atoms in total. The molecule has 0 radical (unpaired) electrons. The minimum absolute atomic E-state index is 0.103. The zero-order chi connectivity index (χ0) is 17.2. The first-order valence-electron chi connectivity index (χ1n) is 8.02. The summed E-state index contributed by atoms with van der Waals surface area (Å²) in [5.41, 5.74) is 3.47. The molecule has 0 bridgehead atoms. The van der Waals surface area contributed by atoms with Gasteiger partial charge in [0.15, 0.2) is 0 Å². The van der Waals surface area contributed by atoms with E-state index in [1.54, 1.807) is 11.3 Å². The smallest absolute Gasteiger partial charge is 0.256 e. The van der Waals surface area contributed by atoms with Crippen LogP contribution in [0, 0.1) is 6.92 Å². The van der Waals surface area contributed by atoms with Gasteiger partial charge in [-0.3, -0.25) is 4.79 Å². The molecule has 0 aliphatic heterocycles. The molecule has 1 amide bonds. The maximum atomic E-state index is 12.7. The largest absolute Gasteiger partial charge is 0.322 e. The van der Waals surface area contributed by atoms with Crippen LogP contribution in [0.2, 0.25) is 0 Å². The molecule has 0 atom stereocenters. The normalized spacial score (nSPS) is 10.8. The number of hydrogen-bond acceptors (Lipinski definition) is 3. The van der Waals surface area contributed by atoms with E-state index in [4.69, 9.17) is 0 Å². The first-order valence-corrected chi connectivity index (χ1v) is 8.90. The Morgan fingerprint density at radius 2 is 1.72 bits per heavy atom. The molecule has 0 saturated heterocycles. The highest BCUT2D eigenvalue weighted by Crippen LogP contribution is 2.24. The number of fused-ring (bicyclic) bond motifs is 1. The molecule has 1 aromatic heterocycles. The summed E-state index contributed by atoms with van der Waals surface area (Å²) in [6.07, 6.45) is 0. The summed E-state index contributed by atoms with van der Waals surface area (Å²) >= 11 is 1.63. The number of benzene rings is 3. The maximum absolute atomic E-state index is 12.7. The number of rotatable bonds is 3. The zero-order valence-electron chi connectivity index (χ0n) is 13.7. The molecule has 1 heterocycles. The summed E-state index contributed by atoms with van der Waals surface area (Å²) in [7, 11) is 0. The van der Waals surface area contributed by atoms with Crippen LogP contribution in [0.3, 0.4) is 0 Å². The van der Waals surface area contributed by atoms with E-state index in [9.17, 15) is 4.79 Å². The van der Waals surface area contributed by atoms with Gasteiger partial charge in [0.2, 0.25) is 0 Å². The van der Waals surface area contributed by atoms with Crippen LogP contribution >= 0.6 is 11.3 Å². The summed E-state index contributed by atoms with van der Waals surface area (Å²) in [5, 5.41) is 8.08. The molecule has 25 heavy (non-hydrogen) atoms. The lowest BCUT2D eigenvalue weighted by atomic mass is 10.0. The Balaban J connectivity index is 1.58. The fraction of sp³-hybridized carbons (Fsp3) is 0.0476. The number of nitrogens with one attached hydrogen (secondary N) is 1. The highest BCUT2D eigenvalue weighted by molar-refractivity contribution is 7.09. The molecule has 0 aliphatic carbocycles. The van der Waals surface area contributed by atoms with Crippen LogP contribution in [0.15, 0.2) is 72.1 Å². The van der Waals surface area contributed by atoms with Crippen LogP contribution in [0.4, 0.5) is 5.69 Å². The third kappa shape index (κ3) is 3.16. The Kier molecular flexibility index (Phi) is 4.04. The second-order valence-electron chi connectivity index (χ2n) is 5.81. The molecule has 3 aromatic carbocycles. The van der Waals surface area contributed by atoms with E-state index in [1.807, 2.05) is 79.0 Å². The molecule has 0 aliphatic rings. The number of amides is 1. The van der Waals surface area contributed by atoms with Gasteiger partial charge in [0.1, 0.15) is 0 Å². The fourth-order valence-corrected chi connectivity index (χ4v) is 3.46. The number of anilines is 1. The Morgan fingerprint density at radius 1 is 0.960 bits per heavy atom. The number of carbonyl (C=O) groups excluding carboxylic acids is 1. The van der Waals surface area contributed by atoms with Crippen molar-refractivity contribution in [3.63, 3.8) is 0 Å². The van der Waals surface area contributed by atoms with E-state index in [2.05, 4.69) is 10.3 Å². The molecule has 0 fully saturated rings. The molecule has 4 rings (SSSR count). The van der Waals surface area contributed by atoms with Crippen molar-refractivity contribution in [1.82, 2.24) is 4.98 Å². The van der Waals surface area contributed by atoms with Crippen molar-refractivity contribution in [2.75, 3.05) is 5.32 Å². The van der Waals surface area contributed by atoms with Crippen LogP contribution < -0.4 is 5.32 Å². The molecular formula is C21H16N2OS. The predicted octanol–water partition coefficient (Wildman–Crippen LogP) is 5.52. The third-order valence-corrected chi connectivity index (χ3v) is 4.87. The standard InChI is InChI=1S/C21H16N2OS/c1-14-22-20(13-25-14)16-9-11-17(12-10-16)23-21(24)19-8-4-6-15-5-2-3-7-18(15)19/h2-13H,1H3,(H,23,24). The van der Waals surface area contributed by atoms with Gasteiger partial charge in [-0.05, 0) is 35.9 Å². The topological polar surface area (TPSA) is 42.0 Å². The summed E-state index contributed by atoms with van der Waals surface area (Å²) in [6.45, 7) is 1.99. The van der Waals surface area contributed by atoms with E-state index in [-0.39, 0.29) is 5.91 Å². The highest BCUT2D eigenvalue weighted by atomic mass is 32.1. The maximum Gasteiger partial charge on any atom is 0.256 e. The Bertz CT molecular complexity index is 1050. The molecule has 0 spiro atoms. The van der Waals surface area contributed by atoms with Crippen molar-refractivity contribution in [3.05, 3.63) is 82.7 Å². The fourth-order valence-electron chi connectivity index (χ4n) is 2.84. The van der Waals surface area contributed by atoms with Gasteiger partial charge in [0.25, 0.3) is 5.91 Å². The van der Waals surface area contributed by atoms with Gasteiger partial charge in [0, 0.05) is 22.2 Å². The lowest BCUT2D eigenvalue weighted by Crippen LogP contribution is -2.12. The molecule has 4 heteroatoms. The minimum Gasteiger partial charge on any atom is -0.322 e. The van der Waals surface area contributed by atoms with Crippen LogP contribution in [0.5, 0.6) is 0 Å². The van der Waals surface area contributed by atoms with E-state index in [0.29, 0.717) is 5.56 Å². The van der Waals surface area contributed by atoms with Crippen LogP contribution in [0.1, 0.15) is 15.4 Å². The van der Waals surface area contributed by atoms with Gasteiger partial charge >= 0.3 is 0 Å². The lowest BCUT2D eigenvalue weighted by molar-refractivity contribution is 0.102. The predicted molar refractivity (Wildman–Crippen MR) is 104 cm³/mol. The van der Waals surface area contributed by atoms with Crippen molar-refractivity contribution in [2.45, 2.75) is 6.92 Å². The SMILES string of the molecule is Cc1nc(-c2ccc(NC(=O)c3cccc4ccccc34)cc2)cs1. The average molecular weight is 344 g/mol. The van der Waals surface area contributed by atoms with Crippen molar-refractivity contribution in [2.24, 2.45) is 0 Å².